The minimum atomic E-state index is -4.72. The van der Waals surface area contributed by atoms with Gasteiger partial charge in [0.25, 0.3) is 0 Å². The van der Waals surface area contributed by atoms with Crippen LogP contribution in [0, 0.1) is 5.92 Å². The number of carbonyl (C=O) groups excluding carboxylic acids is 1. The summed E-state index contributed by atoms with van der Waals surface area (Å²) >= 11 is 0. The normalized spacial score (nSPS) is 21.8. The zero-order valence-electron chi connectivity index (χ0n) is 13.2. The highest BCUT2D eigenvalue weighted by Crippen LogP contribution is 2.24. The van der Waals surface area contributed by atoms with Gasteiger partial charge in [0.1, 0.15) is 5.75 Å². The lowest BCUT2D eigenvalue weighted by Crippen LogP contribution is -2.42. The van der Waals surface area contributed by atoms with E-state index in [0.29, 0.717) is 11.6 Å². The summed E-state index contributed by atoms with van der Waals surface area (Å²) in [7, 11) is 1.67. The van der Waals surface area contributed by atoms with Crippen molar-refractivity contribution in [1.29, 1.82) is 0 Å². The van der Waals surface area contributed by atoms with Crippen molar-refractivity contribution >= 4 is 5.91 Å². The first-order chi connectivity index (χ1) is 10.7. The summed E-state index contributed by atoms with van der Waals surface area (Å²) in [5, 5.41) is 3.29. The van der Waals surface area contributed by atoms with Crippen molar-refractivity contribution in [2.45, 2.75) is 38.7 Å². The van der Waals surface area contributed by atoms with Crippen LogP contribution in [0.3, 0.4) is 0 Å². The van der Waals surface area contributed by atoms with Gasteiger partial charge in [-0.3, -0.25) is 4.79 Å². The SMILES string of the molecule is C[C@H]1C[C@@H](C(=O)N(C)Cc2cccc(OC(F)(F)F)c2)CCN1. The molecule has 0 saturated carbocycles. The Bertz CT molecular complexity index is 548. The minimum absolute atomic E-state index is 0.0282. The number of ether oxygens (including phenoxy) is 1. The van der Waals surface area contributed by atoms with Gasteiger partial charge >= 0.3 is 6.36 Å². The molecule has 0 radical (unpaired) electrons. The van der Waals surface area contributed by atoms with Gasteiger partial charge in [-0.2, -0.15) is 0 Å². The second-order valence-electron chi connectivity index (χ2n) is 5.97. The molecule has 1 N–H and O–H groups in total. The van der Waals surface area contributed by atoms with E-state index in [1.54, 1.807) is 18.0 Å². The van der Waals surface area contributed by atoms with Gasteiger partial charge in [-0.05, 0) is 44.0 Å². The summed E-state index contributed by atoms with van der Waals surface area (Å²) in [6.45, 7) is 3.10. The molecule has 0 bridgehead atoms. The fourth-order valence-electron chi connectivity index (χ4n) is 2.86. The first-order valence-corrected chi connectivity index (χ1v) is 7.57. The van der Waals surface area contributed by atoms with Crippen LogP contribution in [0.25, 0.3) is 0 Å². The third kappa shape index (κ3) is 5.42. The van der Waals surface area contributed by atoms with Crippen LogP contribution in [0.15, 0.2) is 24.3 Å². The molecular formula is C16H21F3N2O2. The van der Waals surface area contributed by atoms with Gasteiger partial charge in [-0.1, -0.05) is 12.1 Å². The van der Waals surface area contributed by atoms with E-state index >= 15 is 0 Å². The molecule has 1 amide bonds. The maximum atomic E-state index is 12.4. The van der Waals surface area contributed by atoms with E-state index in [0.717, 1.165) is 19.4 Å². The van der Waals surface area contributed by atoms with Crippen LogP contribution in [-0.2, 0) is 11.3 Å². The van der Waals surface area contributed by atoms with Gasteiger partial charge in [0.05, 0.1) is 0 Å². The van der Waals surface area contributed by atoms with Gasteiger partial charge in [0.2, 0.25) is 5.91 Å². The molecule has 4 nitrogen and oxygen atoms in total. The van der Waals surface area contributed by atoms with Crippen molar-refractivity contribution in [2.75, 3.05) is 13.6 Å². The second kappa shape index (κ2) is 7.21. The Morgan fingerprint density at radius 3 is 2.83 bits per heavy atom. The van der Waals surface area contributed by atoms with Crippen molar-refractivity contribution in [3.05, 3.63) is 29.8 Å². The van der Waals surface area contributed by atoms with Crippen molar-refractivity contribution < 1.29 is 22.7 Å². The molecule has 128 valence electrons. The fraction of sp³-hybridized carbons (Fsp3) is 0.562. The summed E-state index contributed by atoms with van der Waals surface area (Å²) in [5.74, 6) is -0.280. The molecular weight excluding hydrogens is 309 g/mol. The van der Waals surface area contributed by atoms with E-state index in [-0.39, 0.29) is 24.1 Å². The topological polar surface area (TPSA) is 41.6 Å². The highest BCUT2D eigenvalue weighted by atomic mass is 19.4. The van der Waals surface area contributed by atoms with E-state index in [2.05, 4.69) is 10.1 Å². The monoisotopic (exact) mass is 330 g/mol. The zero-order chi connectivity index (χ0) is 17.0. The predicted molar refractivity (Wildman–Crippen MR) is 79.8 cm³/mol. The van der Waals surface area contributed by atoms with Crippen molar-refractivity contribution in [3.63, 3.8) is 0 Å². The lowest BCUT2D eigenvalue weighted by atomic mass is 9.92. The van der Waals surface area contributed by atoms with Gasteiger partial charge in [-0.15, -0.1) is 13.2 Å². The first kappa shape index (κ1) is 17.6. The standard InChI is InChI=1S/C16H21F3N2O2/c1-11-8-13(6-7-20-11)15(22)21(2)10-12-4-3-5-14(9-12)23-16(17,18)19/h3-5,9,11,13,20H,6-8,10H2,1-2H3/t11-,13-/m0/s1. The largest absolute Gasteiger partial charge is 0.573 e. The highest BCUT2D eigenvalue weighted by molar-refractivity contribution is 5.78. The molecule has 1 aliphatic rings. The molecule has 1 heterocycles. The number of benzene rings is 1. The Labute approximate surface area is 133 Å². The van der Waals surface area contributed by atoms with E-state index in [4.69, 9.17) is 0 Å². The van der Waals surface area contributed by atoms with Crippen LogP contribution in [0.1, 0.15) is 25.3 Å². The molecule has 0 aromatic heterocycles. The number of hydrogen-bond donors (Lipinski definition) is 1. The molecule has 1 aromatic carbocycles. The second-order valence-corrected chi connectivity index (χ2v) is 5.97. The summed E-state index contributed by atoms with van der Waals surface area (Å²) in [6, 6.07) is 6.02. The van der Waals surface area contributed by atoms with Crippen molar-refractivity contribution in [3.8, 4) is 5.75 Å². The van der Waals surface area contributed by atoms with E-state index in [9.17, 15) is 18.0 Å². The third-order valence-corrected chi connectivity index (χ3v) is 3.90. The van der Waals surface area contributed by atoms with Gasteiger partial charge < -0.3 is 15.0 Å². The minimum Gasteiger partial charge on any atom is -0.406 e. The molecule has 1 aliphatic heterocycles. The molecule has 2 rings (SSSR count). The zero-order valence-corrected chi connectivity index (χ0v) is 13.2. The van der Waals surface area contributed by atoms with Gasteiger partial charge in [0.15, 0.2) is 0 Å². The number of piperidine rings is 1. The molecule has 1 fully saturated rings. The number of nitrogens with zero attached hydrogens (tertiary/aromatic N) is 1. The van der Waals surface area contributed by atoms with Crippen molar-refractivity contribution in [2.24, 2.45) is 5.92 Å². The Kier molecular flexibility index (Phi) is 5.51. The Hall–Kier alpha value is -1.76. The summed E-state index contributed by atoms with van der Waals surface area (Å²) < 4.78 is 40.7. The number of halogens is 3. The van der Waals surface area contributed by atoms with Gasteiger partial charge in [0, 0.05) is 25.6 Å². The highest BCUT2D eigenvalue weighted by Gasteiger charge is 2.31. The smallest absolute Gasteiger partial charge is 0.406 e. The molecule has 1 aromatic rings. The van der Waals surface area contributed by atoms with Crippen LogP contribution >= 0.6 is 0 Å². The Morgan fingerprint density at radius 1 is 1.43 bits per heavy atom. The molecule has 0 unspecified atom stereocenters. The number of nitrogens with one attached hydrogen (secondary N) is 1. The first-order valence-electron chi connectivity index (χ1n) is 7.57. The summed E-state index contributed by atoms with van der Waals surface area (Å²) in [6.07, 6.45) is -3.16. The molecule has 7 heteroatoms. The molecule has 1 saturated heterocycles. The maximum absolute atomic E-state index is 12.4. The van der Waals surface area contributed by atoms with E-state index in [1.165, 1.54) is 18.2 Å². The number of rotatable bonds is 4. The van der Waals surface area contributed by atoms with Crippen LogP contribution in [0.2, 0.25) is 0 Å². The third-order valence-electron chi connectivity index (χ3n) is 3.90. The summed E-state index contributed by atoms with van der Waals surface area (Å²) in [5.41, 5.74) is 0.601. The Balaban J connectivity index is 1.98. The number of carbonyl (C=O) groups is 1. The average Bonchev–Trinajstić information content (AvgIpc) is 2.45. The molecule has 2 atom stereocenters. The van der Waals surface area contributed by atoms with E-state index in [1.807, 2.05) is 6.92 Å². The Morgan fingerprint density at radius 2 is 2.17 bits per heavy atom. The number of amides is 1. The summed E-state index contributed by atoms with van der Waals surface area (Å²) in [4.78, 5) is 14.0. The van der Waals surface area contributed by atoms with Crippen molar-refractivity contribution in [1.82, 2.24) is 10.2 Å². The molecule has 0 spiro atoms. The van der Waals surface area contributed by atoms with Crippen LogP contribution in [0.4, 0.5) is 13.2 Å². The quantitative estimate of drug-likeness (QED) is 0.923. The van der Waals surface area contributed by atoms with Crippen LogP contribution in [-0.4, -0.2) is 36.8 Å². The fourth-order valence-corrected chi connectivity index (χ4v) is 2.86. The van der Waals surface area contributed by atoms with Gasteiger partial charge in [-0.25, -0.2) is 0 Å². The van der Waals surface area contributed by atoms with E-state index < -0.39 is 6.36 Å². The lowest BCUT2D eigenvalue weighted by molar-refractivity contribution is -0.274. The maximum Gasteiger partial charge on any atom is 0.573 e. The molecule has 0 aliphatic carbocycles. The number of hydrogen-bond acceptors (Lipinski definition) is 3. The molecule has 23 heavy (non-hydrogen) atoms. The predicted octanol–water partition coefficient (Wildman–Crippen LogP) is 2.93. The lowest BCUT2D eigenvalue weighted by Gasteiger charge is -2.30. The number of alkyl halides is 3. The van der Waals surface area contributed by atoms with Crippen LogP contribution in [0.5, 0.6) is 5.75 Å². The van der Waals surface area contributed by atoms with Crippen LogP contribution < -0.4 is 10.1 Å². The average molecular weight is 330 g/mol.